The number of aromatic nitrogens is 1. The van der Waals surface area contributed by atoms with Crippen molar-refractivity contribution in [3.05, 3.63) is 78.4 Å². The monoisotopic (exact) mass is 402 g/mol. The van der Waals surface area contributed by atoms with Crippen molar-refractivity contribution in [3.8, 4) is 16.3 Å². The van der Waals surface area contributed by atoms with Gasteiger partial charge < -0.3 is 10.1 Å². The van der Waals surface area contributed by atoms with E-state index in [4.69, 9.17) is 4.74 Å². The molecule has 1 N–H and O–H groups in total. The molecule has 0 unspecified atom stereocenters. The maximum atomic E-state index is 12.2. The van der Waals surface area contributed by atoms with E-state index in [-0.39, 0.29) is 18.3 Å². The number of rotatable bonds is 6. The molecule has 0 spiro atoms. The van der Waals surface area contributed by atoms with Crippen LogP contribution in [0.4, 0.5) is 5.69 Å². The van der Waals surface area contributed by atoms with Crippen LogP contribution in [-0.4, -0.2) is 23.3 Å². The van der Waals surface area contributed by atoms with Crippen LogP contribution in [0.25, 0.3) is 20.8 Å². The van der Waals surface area contributed by atoms with Crippen LogP contribution in [0.1, 0.15) is 17.3 Å². The fourth-order valence-electron chi connectivity index (χ4n) is 2.84. The number of ether oxygens (including phenoxy) is 1. The third-order valence-corrected chi connectivity index (χ3v) is 5.41. The smallest absolute Gasteiger partial charge is 0.262 e. The SMILES string of the molecule is CC(=O)c1cccc(OCC(=O)Nc2ccc(-c3nc4ccccc4s3)cc2)c1. The highest BCUT2D eigenvalue weighted by atomic mass is 32.1. The van der Waals surface area contributed by atoms with Gasteiger partial charge in [0.15, 0.2) is 12.4 Å². The zero-order valence-corrected chi connectivity index (χ0v) is 16.5. The minimum absolute atomic E-state index is 0.0480. The molecule has 0 saturated heterocycles. The second-order valence-electron chi connectivity index (χ2n) is 6.48. The van der Waals surface area contributed by atoms with Crippen LogP contribution in [0, 0.1) is 0 Å². The molecule has 6 heteroatoms. The molecular formula is C23H18N2O3S. The van der Waals surface area contributed by atoms with Crippen molar-refractivity contribution >= 4 is 38.9 Å². The van der Waals surface area contributed by atoms with E-state index >= 15 is 0 Å². The summed E-state index contributed by atoms with van der Waals surface area (Å²) in [6, 6.07) is 22.4. The first kappa shape index (κ1) is 18.8. The number of thiazole rings is 1. The number of hydrogen-bond acceptors (Lipinski definition) is 5. The number of anilines is 1. The largest absolute Gasteiger partial charge is 0.484 e. The van der Waals surface area contributed by atoms with Crippen molar-refractivity contribution in [2.75, 3.05) is 11.9 Å². The van der Waals surface area contributed by atoms with Gasteiger partial charge >= 0.3 is 0 Å². The molecule has 0 aliphatic heterocycles. The third kappa shape index (κ3) is 4.50. The van der Waals surface area contributed by atoms with E-state index in [1.54, 1.807) is 35.6 Å². The maximum Gasteiger partial charge on any atom is 0.262 e. The normalized spacial score (nSPS) is 10.7. The summed E-state index contributed by atoms with van der Waals surface area (Å²) in [5, 5.41) is 3.75. The molecule has 0 radical (unpaired) electrons. The first-order chi connectivity index (χ1) is 14.1. The van der Waals surface area contributed by atoms with Gasteiger partial charge in [0.25, 0.3) is 5.91 Å². The first-order valence-corrected chi connectivity index (χ1v) is 9.90. The van der Waals surface area contributed by atoms with Gasteiger partial charge in [0.05, 0.1) is 10.2 Å². The van der Waals surface area contributed by atoms with E-state index in [0.717, 1.165) is 20.8 Å². The predicted octanol–water partition coefficient (Wildman–Crippen LogP) is 5.18. The van der Waals surface area contributed by atoms with Crippen LogP contribution < -0.4 is 10.1 Å². The summed E-state index contributed by atoms with van der Waals surface area (Å²) < 4.78 is 6.63. The molecule has 0 fully saturated rings. The predicted molar refractivity (Wildman–Crippen MR) is 116 cm³/mol. The summed E-state index contributed by atoms with van der Waals surface area (Å²) in [5.41, 5.74) is 3.21. The van der Waals surface area contributed by atoms with Gasteiger partial charge in [-0.25, -0.2) is 4.98 Å². The van der Waals surface area contributed by atoms with Crippen molar-refractivity contribution < 1.29 is 14.3 Å². The number of carbonyl (C=O) groups excluding carboxylic acids is 2. The van der Waals surface area contributed by atoms with Gasteiger partial charge in [-0.3, -0.25) is 9.59 Å². The maximum absolute atomic E-state index is 12.2. The zero-order valence-electron chi connectivity index (χ0n) is 15.7. The first-order valence-electron chi connectivity index (χ1n) is 9.08. The van der Waals surface area contributed by atoms with Gasteiger partial charge in [-0.15, -0.1) is 11.3 Å². The summed E-state index contributed by atoms with van der Waals surface area (Å²) >= 11 is 1.64. The van der Waals surface area contributed by atoms with Crippen LogP contribution >= 0.6 is 11.3 Å². The molecular weight excluding hydrogens is 384 g/mol. The van der Waals surface area contributed by atoms with E-state index in [1.807, 2.05) is 42.5 Å². The summed E-state index contributed by atoms with van der Waals surface area (Å²) in [6.07, 6.45) is 0. The second-order valence-corrected chi connectivity index (χ2v) is 7.52. The molecule has 0 aliphatic carbocycles. The lowest BCUT2D eigenvalue weighted by Crippen LogP contribution is -2.20. The van der Waals surface area contributed by atoms with Gasteiger partial charge in [-0.1, -0.05) is 24.3 Å². The van der Waals surface area contributed by atoms with Crippen molar-refractivity contribution in [2.45, 2.75) is 6.92 Å². The Hall–Kier alpha value is -3.51. The van der Waals surface area contributed by atoms with Gasteiger partial charge in [0.2, 0.25) is 0 Å². The molecule has 5 nitrogen and oxygen atoms in total. The van der Waals surface area contributed by atoms with Gasteiger partial charge in [0.1, 0.15) is 10.8 Å². The molecule has 29 heavy (non-hydrogen) atoms. The lowest BCUT2D eigenvalue weighted by Gasteiger charge is -2.08. The number of ketones is 1. The number of Topliss-reactive ketones (excluding diaryl/α,β-unsaturated/α-hetero) is 1. The van der Waals surface area contributed by atoms with Crippen LogP contribution in [0.15, 0.2) is 72.8 Å². The standard InChI is InChI=1S/C23H18N2O3S/c1-15(26)17-5-4-6-19(13-17)28-14-22(27)24-18-11-9-16(10-12-18)23-25-20-7-2-3-8-21(20)29-23/h2-13H,14H2,1H3,(H,24,27). The number of nitrogens with zero attached hydrogens (tertiary/aromatic N) is 1. The Balaban J connectivity index is 1.37. The quantitative estimate of drug-likeness (QED) is 0.451. The summed E-state index contributed by atoms with van der Waals surface area (Å²) in [6.45, 7) is 1.35. The number of carbonyl (C=O) groups is 2. The number of hydrogen-bond donors (Lipinski definition) is 1. The van der Waals surface area contributed by atoms with E-state index in [1.165, 1.54) is 6.92 Å². The van der Waals surface area contributed by atoms with Crippen molar-refractivity contribution in [1.29, 1.82) is 0 Å². The Morgan fingerprint density at radius 3 is 2.55 bits per heavy atom. The molecule has 0 bridgehead atoms. The lowest BCUT2D eigenvalue weighted by atomic mass is 10.1. The van der Waals surface area contributed by atoms with E-state index in [2.05, 4.69) is 16.4 Å². The van der Waals surface area contributed by atoms with Gasteiger partial charge in [-0.2, -0.15) is 0 Å². The fraction of sp³-hybridized carbons (Fsp3) is 0.0870. The number of nitrogens with one attached hydrogen (secondary N) is 1. The van der Waals surface area contributed by atoms with Crippen LogP contribution in [0.5, 0.6) is 5.75 Å². The number of benzene rings is 3. The Bertz CT molecular complexity index is 1150. The number of amides is 1. The molecule has 1 aromatic heterocycles. The summed E-state index contributed by atoms with van der Waals surface area (Å²) in [4.78, 5) is 28.2. The van der Waals surface area contributed by atoms with Crippen molar-refractivity contribution in [2.24, 2.45) is 0 Å². The van der Waals surface area contributed by atoms with E-state index in [9.17, 15) is 9.59 Å². The van der Waals surface area contributed by atoms with Gasteiger partial charge in [0, 0.05) is 16.8 Å². The highest BCUT2D eigenvalue weighted by Gasteiger charge is 2.08. The molecule has 1 heterocycles. The highest BCUT2D eigenvalue weighted by molar-refractivity contribution is 7.21. The Labute approximate surface area is 172 Å². The average Bonchev–Trinajstić information content (AvgIpc) is 3.17. The minimum atomic E-state index is -0.272. The minimum Gasteiger partial charge on any atom is -0.484 e. The van der Waals surface area contributed by atoms with Crippen molar-refractivity contribution in [3.63, 3.8) is 0 Å². The average molecular weight is 402 g/mol. The molecule has 3 aromatic carbocycles. The molecule has 1 amide bonds. The Kier molecular flexibility index (Phi) is 5.35. The highest BCUT2D eigenvalue weighted by Crippen LogP contribution is 2.30. The third-order valence-electron chi connectivity index (χ3n) is 4.32. The topological polar surface area (TPSA) is 68.3 Å². The molecule has 4 aromatic rings. The zero-order chi connectivity index (χ0) is 20.2. The Morgan fingerprint density at radius 2 is 1.79 bits per heavy atom. The number of fused-ring (bicyclic) bond motifs is 1. The molecule has 0 aliphatic rings. The lowest BCUT2D eigenvalue weighted by molar-refractivity contribution is -0.118. The van der Waals surface area contributed by atoms with Crippen LogP contribution in [-0.2, 0) is 4.79 Å². The summed E-state index contributed by atoms with van der Waals surface area (Å²) in [5.74, 6) is 0.165. The molecule has 144 valence electrons. The van der Waals surface area contributed by atoms with Gasteiger partial charge in [-0.05, 0) is 55.5 Å². The second kappa shape index (κ2) is 8.24. The Morgan fingerprint density at radius 1 is 1.00 bits per heavy atom. The number of para-hydroxylation sites is 1. The molecule has 4 rings (SSSR count). The van der Waals surface area contributed by atoms with Crippen LogP contribution in [0.3, 0.4) is 0 Å². The summed E-state index contributed by atoms with van der Waals surface area (Å²) in [7, 11) is 0. The molecule has 0 atom stereocenters. The van der Waals surface area contributed by atoms with Crippen molar-refractivity contribution in [1.82, 2.24) is 4.98 Å². The van der Waals surface area contributed by atoms with E-state index in [0.29, 0.717) is 17.0 Å². The van der Waals surface area contributed by atoms with Crippen LogP contribution in [0.2, 0.25) is 0 Å². The fourth-order valence-corrected chi connectivity index (χ4v) is 3.81. The molecule has 0 saturated carbocycles. The van der Waals surface area contributed by atoms with E-state index < -0.39 is 0 Å².